The maximum atomic E-state index is 14.7. The van der Waals surface area contributed by atoms with Crippen molar-refractivity contribution >= 4 is 16.7 Å². The van der Waals surface area contributed by atoms with Gasteiger partial charge in [0, 0.05) is 12.0 Å². The van der Waals surface area contributed by atoms with Crippen LogP contribution in [0.25, 0.3) is 10.9 Å². The Morgan fingerprint density at radius 3 is 2.70 bits per heavy atom. The Morgan fingerprint density at radius 1 is 1.15 bits per heavy atom. The lowest BCUT2D eigenvalue weighted by Gasteiger charge is -2.20. The van der Waals surface area contributed by atoms with Crippen molar-refractivity contribution < 1.29 is 32.1 Å². The highest BCUT2D eigenvalue weighted by molar-refractivity contribution is 5.97. The van der Waals surface area contributed by atoms with E-state index in [1.165, 1.54) is 12.1 Å². The summed E-state index contributed by atoms with van der Waals surface area (Å²) in [6, 6.07) is 5.06. The van der Waals surface area contributed by atoms with Gasteiger partial charge in [-0.3, -0.25) is 0 Å². The van der Waals surface area contributed by atoms with Gasteiger partial charge in [-0.05, 0) is 19.9 Å². The van der Waals surface area contributed by atoms with Gasteiger partial charge in [-0.2, -0.15) is 0 Å². The number of hydrogen-bond acceptors (Lipinski definition) is 7. The molecule has 2 aliphatic rings. The average molecular weight is 461 g/mol. The second-order valence-electron chi connectivity index (χ2n) is 7.98. The molecule has 0 amide bonds. The zero-order valence-corrected chi connectivity index (χ0v) is 18.0. The molecule has 3 aromatic rings. The van der Waals surface area contributed by atoms with Gasteiger partial charge in [0.15, 0.2) is 11.5 Å². The lowest BCUT2D eigenvalue weighted by molar-refractivity contribution is 0.134. The zero-order chi connectivity index (χ0) is 23.1. The summed E-state index contributed by atoms with van der Waals surface area (Å²) in [7, 11) is 0. The number of ether oxygens (including phenoxy) is 4. The van der Waals surface area contributed by atoms with Crippen LogP contribution in [0.5, 0.6) is 17.2 Å². The van der Waals surface area contributed by atoms with Crippen molar-refractivity contribution in [3.05, 3.63) is 47.0 Å². The number of aryl methyl sites for hydroxylation is 1. The molecule has 3 heterocycles. The highest BCUT2D eigenvalue weighted by atomic mass is 19.3. The predicted octanol–water partition coefficient (Wildman–Crippen LogP) is 5.08. The van der Waals surface area contributed by atoms with E-state index in [1.807, 2.05) is 0 Å². The fourth-order valence-electron chi connectivity index (χ4n) is 4.06. The first kappa shape index (κ1) is 21.6. The van der Waals surface area contributed by atoms with Gasteiger partial charge in [0.1, 0.15) is 29.1 Å². The van der Waals surface area contributed by atoms with Crippen LogP contribution in [-0.4, -0.2) is 36.1 Å². The van der Waals surface area contributed by atoms with Gasteiger partial charge in [0.2, 0.25) is 12.5 Å². The van der Waals surface area contributed by atoms with Crippen LogP contribution >= 0.6 is 0 Å². The third kappa shape index (κ3) is 3.99. The quantitative estimate of drug-likeness (QED) is 0.548. The van der Waals surface area contributed by atoms with Gasteiger partial charge >= 0.3 is 0 Å². The standard InChI is InChI=1S/C23H22F3N3O4/c1-11(14-4-3-5-15(18(14)24)22(25)26)27-23-16-8-17(33-13-6-7-30-9-13)20-21(32-10-31-20)19(16)28-12(2)29-23/h3-5,8,11,13,22H,6-7,9-10H2,1-2H3,(H,27,28,29)/t11-,13+/m1/s1. The second-order valence-corrected chi connectivity index (χ2v) is 7.98. The normalized spacial score (nSPS) is 18.2. The minimum absolute atomic E-state index is 0.0276. The van der Waals surface area contributed by atoms with E-state index >= 15 is 0 Å². The van der Waals surface area contributed by atoms with E-state index in [0.717, 1.165) is 12.5 Å². The summed E-state index contributed by atoms with van der Waals surface area (Å²) in [5.41, 5.74) is -0.0122. The molecule has 0 aliphatic carbocycles. The Hall–Kier alpha value is -3.27. The lowest BCUT2D eigenvalue weighted by atomic mass is 10.0. The average Bonchev–Trinajstić information content (AvgIpc) is 3.46. The summed E-state index contributed by atoms with van der Waals surface area (Å²) in [5, 5.41) is 3.73. The van der Waals surface area contributed by atoms with Gasteiger partial charge in [0.25, 0.3) is 6.43 Å². The van der Waals surface area contributed by atoms with Crippen LogP contribution in [0.4, 0.5) is 19.0 Å². The molecule has 0 bridgehead atoms. The summed E-state index contributed by atoms with van der Waals surface area (Å²) in [4.78, 5) is 8.99. The second kappa shape index (κ2) is 8.58. The third-order valence-corrected chi connectivity index (χ3v) is 5.68. The first-order valence-corrected chi connectivity index (χ1v) is 10.6. The molecular formula is C23H22F3N3O4. The number of aromatic nitrogens is 2. The van der Waals surface area contributed by atoms with E-state index in [9.17, 15) is 13.2 Å². The minimum Gasteiger partial charge on any atom is -0.484 e. The molecule has 174 valence electrons. The van der Waals surface area contributed by atoms with E-state index < -0.39 is 23.8 Å². The number of nitrogens with zero attached hydrogens (tertiary/aromatic N) is 2. The Labute approximate surface area is 187 Å². The van der Waals surface area contributed by atoms with Crippen molar-refractivity contribution in [2.24, 2.45) is 0 Å². The third-order valence-electron chi connectivity index (χ3n) is 5.68. The molecular weight excluding hydrogens is 439 g/mol. The number of alkyl halides is 2. The van der Waals surface area contributed by atoms with Gasteiger partial charge in [0.05, 0.1) is 30.2 Å². The molecule has 7 nitrogen and oxygen atoms in total. The molecule has 1 fully saturated rings. The Kier molecular flexibility index (Phi) is 5.61. The Morgan fingerprint density at radius 2 is 1.94 bits per heavy atom. The summed E-state index contributed by atoms with van der Waals surface area (Å²) < 4.78 is 63.9. The molecule has 5 rings (SSSR count). The lowest BCUT2D eigenvalue weighted by Crippen LogP contribution is -2.16. The SMILES string of the molecule is Cc1nc(N[C@H](C)c2cccc(C(F)F)c2F)c2cc(O[C@H]3CCOC3)c3c(c2n1)OCO3. The van der Waals surface area contributed by atoms with Crippen molar-refractivity contribution in [1.82, 2.24) is 9.97 Å². The van der Waals surface area contributed by atoms with Crippen molar-refractivity contribution in [2.75, 3.05) is 25.3 Å². The summed E-state index contributed by atoms with van der Waals surface area (Å²) in [5.74, 6) is 1.29. The zero-order valence-electron chi connectivity index (χ0n) is 18.0. The van der Waals surface area contributed by atoms with Crippen molar-refractivity contribution in [1.29, 1.82) is 0 Å². The highest BCUT2D eigenvalue weighted by Crippen LogP contribution is 2.48. The number of halogens is 3. The topological polar surface area (TPSA) is 74.7 Å². The maximum Gasteiger partial charge on any atom is 0.266 e. The summed E-state index contributed by atoms with van der Waals surface area (Å²) in [6.45, 7) is 4.51. The van der Waals surface area contributed by atoms with E-state index in [1.54, 1.807) is 19.9 Å². The van der Waals surface area contributed by atoms with Crippen molar-refractivity contribution in [3.63, 3.8) is 0 Å². The monoisotopic (exact) mass is 461 g/mol. The molecule has 0 unspecified atom stereocenters. The number of fused-ring (bicyclic) bond motifs is 3. The van der Waals surface area contributed by atoms with Crippen LogP contribution < -0.4 is 19.5 Å². The summed E-state index contributed by atoms with van der Waals surface area (Å²) in [6.07, 6.45) is -2.28. The van der Waals surface area contributed by atoms with Crippen molar-refractivity contribution in [2.45, 2.75) is 38.8 Å². The van der Waals surface area contributed by atoms with Crippen molar-refractivity contribution in [3.8, 4) is 17.2 Å². The Bertz CT molecular complexity index is 1200. The van der Waals surface area contributed by atoms with E-state index in [4.69, 9.17) is 18.9 Å². The van der Waals surface area contributed by atoms with Crippen LogP contribution in [-0.2, 0) is 4.74 Å². The van der Waals surface area contributed by atoms with Crippen LogP contribution in [0.15, 0.2) is 24.3 Å². The molecule has 2 atom stereocenters. The predicted molar refractivity (Wildman–Crippen MR) is 114 cm³/mol. The van der Waals surface area contributed by atoms with Gasteiger partial charge in [-0.15, -0.1) is 0 Å². The van der Waals surface area contributed by atoms with Crippen LogP contribution in [0.2, 0.25) is 0 Å². The minimum atomic E-state index is -2.90. The molecule has 0 spiro atoms. The van der Waals surface area contributed by atoms with Crippen LogP contribution in [0.1, 0.15) is 42.8 Å². The van der Waals surface area contributed by atoms with E-state index in [2.05, 4.69) is 15.3 Å². The molecule has 10 heteroatoms. The molecule has 2 aromatic carbocycles. The largest absolute Gasteiger partial charge is 0.484 e. The first-order chi connectivity index (χ1) is 15.9. The fourth-order valence-corrected chi connectivity index (χ4v) is 4.06. The molecule has 1 N–H and O–H groups in total. The van der Waals surface area contributed by atoms with Gasteiger partial charge < -0.3 is 24.3 Å². The maximum absolute atomic E-state index is 14.7. The fraction of sp³-hybridized carbons (Fsp3) is 0.391. The smallest absolute Gasteiger partial charge is 0.266 e. The number of rotatable bonds is 6. The van der Waals surface area contributed by atoms with Gasteiger partial charge in [-0.1, -0.05) is 18.2 Å². The molecule has 33 heavy (non-hydrogen) atoms. The first-order valence-electron chi connectivity index (χ1n) is 10.6. The van der Waals surface area contributed by atoms with Gasteiger partial charge in [-0.25, -0.2) is 23.1 Å². The van der Waals surface area contributed by atoms with Crippen LogP contribution in [0.3, 0.4) is 0 Å². The molecule has 1 aromatic heterocycles. The van der Waals surface area contributed by atoms with E-state index in [-0.39, 0.29) is 18.5 Å². The number of nitrogens with one attached hydrogen (secondary N) is 1. The number of benzene rings is 2. The highest BCUT2D eigenvalue weighted by Gasteiger charge is 2.29. The summed E-state index contributed by atoms with van der Waals surface area (Å²) >= 11 is 0. The Balaban J connectivity index is 1.56. The van der Waals surface area contributed by atoms with E-state index in [0.29, 0.717) is 53.0 Å². The molecule has 0 radical (unpaired) electrons. The number of hydrogen-bond donors (Lipinski definition) is 1. The van der Waals surface area contributed by atoms with Crippen LogP contribution in [0, 0.1) is 12.7 Å². The number of anilines is 1. The molecule has 0 saturated carbocycles. The molecule has 2 aliphatic heterocycles. The molecule has 1 saturated heterocycles.